The highest BCUT2D eigenvalue weighted by atomic mass is 19.1. The van der Waals surface area contributed by atoms with Crippen molar-refractivity contribution in [1.82, 2.24) is 19.4 Å². The van der Waals surface area contributed by atoms with Crippen molar-refractivity contribution in [3.63, 3.8) is 0 Å². The van der Waals surface area contributed by atoms with Crippen LogP contribution in [0.2, 0.25) is 0 Å². The minimum Gasteiger partial charge on any atom is -0.353 e. The van der Waals surface area contributed by atoms with Crippen molar-refractivity contribution in [2.24, 2.45) is 0 Å². The van der Waals surface area contributed by atoms with E-state index >= 15 is 0 Å². The van der Waals surface area contributed by atoms with Crippen LogP contribution in [0, 0.1) is 19.7 Å². The molecule has 6 nitrogen and oxygen atoms in total. The van der Waals surface area contributed by atoms with Crippen LogP contribution >= 0.6 is 0 Å². The van der Waals surface area contributed by atoms with Crippen molar-refractivity contribution >= 4 is 16.9 Å². The van der Waals surface area contributed by atoms with Gasteiger partial charge in [0.2, 0.25) is 5.91 Å². The second-order valence-corrected chi connectivity index (χ2v) is 7.06. The first-order chi connectivity index (χ1) is 13.0. The molecule has 0 atom stereocenters. The number of carbonyl (C=O) groups is 1. The van der Waals surface area contributed by atoms with E-state index in [2.05, 4.69) is 10.3 Å². The highest BCUT2D eigenvalue weighted by molar-refractivity contribution is 5.83. The van der Waals surface area contributed by atoms with E-state index in [-0.39, 0.29) is 30.2 Å². The molecule has 2 heterocycles. The number of nitrogens with one attached hydrogen (secondary N) is 1. The fourth-order valence-corrected chi connectivity index (χ4v) is 3.33. The van der Waals surface area contributed by atoms with Gasteiger partial charge < -0.3 is 5.32 Å². The number of aromatic nitrogens is 3. The van der Waals surface area contributed by atoms with E-state index in [4.69, 9.17) is 0 Å². The first kappa shape index (κ1) is 17.5. The maximum absolute atomic E-state index is 13.7. The molecule has 1 aromatic carbocycles. The van der Waals surface area contributed by atoms with Crippen LogP contribution in [-0.4, -0.2) is 26.1 Å². The number of hydrogen-bond acceptors (Lipinski definition) is 3. The van der Waals surface area contributed by atoms with E-state index in [1.165, 1.54) is 23.0 Å². The van der Waals surface area contributed by atoms with Gasteiger partial charge in [-0.15, -0.1) is 0 Å². The largest absolute Gasteiger partial charge is 0.353 e. The predicted octanol–water partition coefficient (Wildman–Crippen LogP) is 2.61. The van der Waals surface area contributed by atoms with Gasteiger partial charge in [0.15, 0.2) is 5.65 Å². The van der Waals surface area contributed by atoms with E-state index in [0.29, 0.717) is 22.8 Å². The van der Waals surface area contributed by atoms with Crippen molar-refractivity contribution in [3.8, 4) is 5.69 Å². The lowest BCUT2D eigenvalue weighted by atomic mass is 10.2. The summed E-state index contributed by atoms with van der Waals surface area (Å²) in [5.41, 5.74) is 2.58. The fourth-order valence-electron chi connectivity index (χ4n) is 3.33. The third-order valence-corrected chi connectivity index (χ3v) is 5.07. The summed E-state index contributed by atoms with van der Waals surface area (Å²) in [6, 6.07) is 6.52. The topological polar surface area (TPSA) is 68.9 Å². The van der Waals surface area contributed by atoms with E-state index in [0.717, 1.165) is 24.1 Å². The molecule has 1 fully saturated rings. The summed E-state index contributed by atoms with van der Waals surface area (Å²) in [4.78, 5) is 29.3. The average Bonchev–Trinajstić information content (AvgIpc) is 3.40. The molecule has 140 valence electrons. The van der Waals surface area contributed by atoms with Crippen LogP contribution in [-0.2, 0) is 11.3 Å². The summed E-state index contributed by atoms with van der Waals surface area (Å²) in [7, 11) is 0. The third kappa shape index (κ3) is 3.25. The molecule has 1 aliphatic rings. The average molecular weight is 368 g/mol. The van der Waals surface area contributed by atoms with Crippen LogP contribution in [0.25, 0.3) is 16.7 Å². The van der Waals surface area contributed by atoms with Crippen LogP contribution in [0.15, 0.2) is 35.4 Å². The summed E-state index contributed by atoms with van der Waals surface area (Å²) in [6.45, 7) is 4.03. The Labute approximate surface area is 155 Å². The van der Waals surface area contributed by atoms with Gasteiger partial charge in [0, 0.05) is 24.7 Å². The molecule has 0 saturated heterocycles. The minimum atomic E-state index is -0.346. The first-order valence-corrected chi connectivity index (χ1v) is 9.08. The number of nitrogens with zero attached hydrogens (tertiary/aromatic N) is 3. The molecule has 1 saturated carbocycles. The van der Waals surface area contributed by atoms with Gasteiger partial charge in [-0.05, 0) is 50.5 Å². The van der Waals surface area contributed by atoms with Crippen LogP contribution < -0.4 is 10.9 Å². The minimum absolute atomic E-state index is 0.0465. The fraction of sp³-hybridized carbons (Fsp3) is 0.350. The van der Waals surface area contributed by atoms with Crippen molar-refractivity contribution in [1.29, 1.82) is 0 Å². The molecule has 1 N–H and O–H groups in total. The quantitative estimate of drug-likeness (QED) is 0.753. The maximum atomic E-state index is 13.7. The normalized spacial score (nSPS) is 13.9. The molecular weight excluding hydrogens is 347 g/mol. The Morgan fingerprint density at radius 2 is 2.11 bits per heavy atom. The molecule has 4 rings (SSSR count). The molecule has 0 spiro atoms. The second-order valence-electron chi connectivity index (χ2n) is 7.06. The highest BCUT2D eigenvalue weighted by Gasteiger charge is 2.23. The maximum Gasteiger partial charge on any atom is 0.263 e. The monoisotopic (exact) mass is 368 g/mol. The Morgan fingerprint density at radius 1 is 1.33 bits per heavy atom. The lowest BCUT2D eigenvalue weighted by molar-refractivity contribution is -0.121. The van der Waals surface area contributed by atoms with Crippen molar-refractivity contribution < 1.29 is 9.18 Å². The summed E-state index contributed by atoms with van der Waals surface area (Å²) < 4.78 is 16.9. The van der Waals surface area contributed by atoms with Gasteiger partial charge in [0.05, 0.1) is 17.4 Å². The summed E-state index contributed by atoms with van der Waals surface area (Å²) >= 11 is 0. The van der Waals surface area contributed by atoms with Gasteiger partial charge in [-0.2, -0.15) is 0 Å². The summed E-state index contributed by atoms with van der Waals surface area (Å²) in [5.74, 6) is -0.392. The standard InChI is InChI=1S/C20H21FN4O2/c1-12-13(2)25(16-5-3-4-14(21)10-16)19-18(12)20(27)24(11-22-19)9-8-17(26)23-15-6-7-15/h3-5,10-11,15H,6-9H2,1-2H3,(H,23,26). The molecule has 3 aromatic rings. The van der Waals surface area contributed by atoms with Gasteiger partial charge in [0.1, 0.15) is 5.82 Å². The lowest BCUT2D eigenvalue weighted by Gasteiger charge is -2.09. The number of amides is 1. The zero-order chi connectivity index (χ0) is 19.1. The molecule has 0 bridgehead atoms. The van der Waals surface area contributed by atoms with Gasteiger partial charge >= 0.3 is 0 Å². The van der Waals surface area contributed by atoms with Crippen molar-refractivity contribution in [3.05, 3.63) is 58.0 Å². The van der Waals surface area contributed by atoms with Crippen molar-refractivity contribution in [2.45, 2.75) is 45.7 Å². The van der Waals surface area contributed by atoms with Gasteiger partial charge in [-0.3, -0.25) is 18.7 Å². The van der Waals surface area contributed by atoms with E-state index in [1.807, 2.05) is 13.8 Å². The van der Waals surface area contributed by atoms with Crippen LogP contribution in [0.1, 0.15) is 30.5 Å². The lowest BCUT2D eigenvalue weighted by Crippen LogP contribution is -2.29. The van der Waals surface area contributed by atoms with Gasteiger partial charge in [-0.25, -0.2) is 9.37 Å². The number of benzene rings is 1. The summed E-state index contributed by atoms with van der Waals surface area (Å²) in [5, 5.41) is 3.42. The van der Waals surface area contributed by atoms with E-state index in [1.54, 1.807) is 16.7 Å². The molecule has 27 heavy (non-hydrogen) atoms. The molecule has 0 aliphatic heterocycles. The Kier molecular flexibility index (Phi) is 4.30. The van der Waals surface area contributed by atoms with Crippen LogP contribution in [0.5, 0.6) is 0 Å². The second kappa shape index (κ2) is 6.64. The highest BCUT2D eigenvalue weighted by Crippen LogP contribution is 2.25. The Bertz CT molecular complexity index is 1100. The number of halogens is 1. The van der Waals surface area contributed by atoms with E-state index in [9.17, 15) is 14.0 Å². The van der Waals surface area contributed by atoms with Crippen LogP contribution in [0.4, 0.5) is 4.39 Å². The number of carbonyl (C=O) groups excluding carboxylic acids is 1. The molecule has 7 heteroatoms. The number of hydrogen-bond donors (Lipinski definition) is 1. The first-order valence-electron chi connectivity index (χ1n) is 9.08. The molecule has 0 unspecified atom stereocenters. The van der Waals surface area contributed by atoms with Gasteiger partial charge in [0.25, 0.3) is 5.56 Å². The molecule has 1 aliphatic carbocycles. The molecule has 0 radical (unpaired) electrons. The zero-order valence-electron chi connectivity index (χ0n) is 15.3. The molecule has 2 aromatic heterocycles. The van der Waals surface area contributed by atoms with Gasteiger partial charge in [-0.1, -0.05) is 6.07 Å². The van der Waals surface area contributed by atoms with Crippen LogP contribution in [0.3, 0.4) is 0 Å². The van der Waals surface area contributed by atoms with E-state index < -0.39 is 0 Å². The SMILES string of the molecule is Cc1c(C)n(-c2cccc(F)c2)c2ncn(CCC(=O)NC3CC3)c(=O)c12. The predicted molar refractivity (Wildman–Crippen MR) is 101 cm³/mol. The smallest absolute Gasteiger partial charge is 0.263 e. The zero-order valence-corrected chi connectivity index (χ0v) is 15.3. The molecular formula is C20H21FN4O2. The molecule has 1 amide bonds. The Hall–Kier alpha value is -2.96. The van der Waals surface area contributed by atoms with Crippen molar-refractivity contribution in [2.75, 3.05) is 0 Å². The number of aryl methyl sites for hydroxylation is 2. The Balaban J connectivity index is 1.72. The Morgan fingerprint density at radius 3 is 2.81 bits per heavy atom. The number of fused-ring (bicyclic) bond motifs is 1. The number of rotatable bonds is 5. The third-order valence-electron chi connectivity index (χ3n) is 5.07. The summed E-state index contributed by atoms with van der Waals surface area (Å²) in [6.07, 6.45) is 3.77.